The molecule has 0 aliphatic carbocycles. The minimum Gasteiger partial charge on any atom is -0.497 e. The highest BCUT2D eigenvalue weighted by molar-refractivity contribution is 5.92. The number of benzene rings is 2. The van der Waals surface area contributed by atoms with Crippen molar-refractivity contribution in [1.82, 2.24) is 15.0 Å². The summed E-state index contributed by atoms with van der Waals surface area (Å²) in [7, 11) is 1.38. The van der Waals surface area contributed by atoms with Crippen molar-refractivity contribution < 1.29 is 27.8 Å². The second-order valence-electron chi connectivity index (χ2n) is 6.88. The molecule has 7 nitrogen and oxygen atoms in total. The first-order chi connectivity index (χ1) is 14.8. The van der Waals surface area contributed by atoms with Gasteiger partial charge in [0.15, 0.2) is 0 Å². The summed E-state index contributed by atoms with van der Waals surface area (Å²) >= 11 is 0. The molecule has 31 heavy (non-hydrogen) atoms. The van der Waals surface area contributed by atoms with Crippen LogP contribution in [-0.2, 0) is 17.4 Å². The Bertz CT molecular complexity index is 1270. The standard InChI is InChI=1S/C21H17F3N4O3/c1-31-12-6-7-14-16(9-12)27-20(21(22,23)24)28-18(14)26-17(19(29)30)8-11-10-25-15-5-3-2-4-13(11)15/h2-7,9-10,17,25H,8H2,1H3,(H,29,30)(H,26,27,28). The highest BCUT2D eigenvalue weighted by Crippen LogP contribution is 2.32. The van der Waals surface area contributed by atoms with E-state index in [-0.39, 0.29) is 23.1 Å². The smallest absolute Gasteiger partial charge is 0.451 e. The second kappa shape index (κ2) is 7.78. The molecule has 4 rings (SSSR count). The maximum Gasteiger partial charge on any atom is 0.451 e. The third-order valence-electron chi connectivity index (χ3n) is 4.87. The van der Waals surface area contributed by atoms with E-state index in [1.165, 1.54) is 19.2 Å². The van der Waals surface area contributed by atoms with Crippen LogP contribution in [0.25, 0.3) is 21.8 Å². The zero-order valence-corrected chi connectivity index (χ0v) is 16.2. The Morgan fingerprint density at radius 2 is 1.97 bits per heavy atom. The number of rotatable bonds is 6. The van der Waals surface area contributed by atoms with Gasteiger partial charge in [0.05, 0.1) is 12.6 Å². The zero-order valence-electron chi connectivity index (χ0n) is 16.2. The SMILES string of the molecule is COc1ccc2c(NC(Cc3c[nH]c4ccccc34)C(=O)O)nc(C(F)(F)F)nc2c1. The van der Waals surface area contributed by atoms with Crippen LogP contribution in [0.2, 0.25) is 0 Å². The fourth-order valence-corrected chi connectivity index (χ4v) is 3.36. The van der Waals surface area contributed by atoms with Crippen LogP contribution in [0.15, 0.2) is 48.7 Å². The number of nitrogens with zero attached hydrogens (tertiary/aromatic N) is 2. The first kappa shape index (κ1) is 20.5. The molecule has 0 spiro atoms. The third-order valence-corrected chi connectivity index (χ3v) is 4.87. The van der Waals surface area contributed by atoms with Crippen LogP contribution in [0, 0.1) is 0 Å². The number of H-pyrrole nitrogens is 1. The summed E-state index contributed by atoms with van der Waals surface area (Å²) in [5, 5.41) is 13.5. The predicted octanol–water partition coefficient (Wildman–Crippen LogP) is 4.25. The van der Waals surface area contributed by atoms with Crippen molar-refractivity contribution >= 4 is 33.6 Å². The van der Waals surface area contributed by atoms with E-state index in [1.807, 2.05) is 24.3 Å². The average molecular weight is 430 g/mol. The molecule has 2 aromatic carbocycles. The van der Waals surface area contributed by atoms with Gasteiger partial charge in [0.1, 0.15) is 17.6 Å². The van der Waals surface area contributed by atoms with Crippen molar-refractivity contribution in [3.8, 4) is 5.75 Å². The Labute approximate surface area is 173 Å². The van der Waals surface area contributed by atoms with Gasteiger partial charge in [-0.05, 0) is 23.8 Å². The zero-order chi connectivity index (χ0) is 22.2. The van der Waals surface area contributed by atoms with E-state index in [9.17, 15) is 23.1 Å². The number of aromatic amines is 1. The number of hydrogen-bond donors (Lipinski definition) is 3. The Hall–Kier alpha value is -3.82. The van der Waals surface area contributed by atoms with E-state index in [4.69, 9.17) is 4.74 Å². The first-order valence-corrected chi connectivity index (χ1v) is 9.23. The number of carboxylic acid groups (broad SMARTS) is 1. The number of carbonyl (C=O) groups is 1. The van der Waals surface area contributed by atoms with Crippen molar-refractivity contribution in [1.29, 1.82) is 0 Å². The molecule has 0 aliphatic heterocycles. The van der Waals surface area contributed by atoms with Gasteiger partial charge in [-0.3, -0.25) is 0 Å². The molecular formula is C21H17F3N4O3. The van der Waals surface area contributed by atoms with Crippen molar-refractivity contribution in [3.63, 3.8) is 0 Å². The van der Waals surface area contributed by atoms with E-state index >= 15 is 0 Å². The fourth-order valence-electron chi connectivity index (χ4n) is 3.36. The molecule has 2 aromatic heterocycles. The number of ether oxygens (including phenoxy) is 1. The number of aliphatic carboxylic acids is 1. The highest BCUT2D eigenvalue weighted by atomic mass is 19.4. The molecule has 3 N–H and O–H groups in total. The summed E-state index contributed by atoms with van der Waals surface area (Å²) in [5.41, 5.74) is 1.53. The molecule has 160 valence electrons. The summed E-state index contributed by atoms with van der Waals surface area (Å²) in [6, 6.07) is 10.5. The molecule has 4 aromatic rings. The van der Waals surface area contributed by atoms with Crippen LogP contribution < -0.4 is 10.1 Å². The van der Waals surface area contributed by atoms with Crippen LogP contribution in [0.4, 0.5) is 19.0 Å². The topological polar surface area (TPSA) is 100 Å². The van der Waals surface area contributed by atoms with Gasteiger partial charge < -0.3 is 20.1 Å². The Kier molecular flexibility index (Phi) is 5.14. The van der Waals surface area contributed by atoms with E-state index in [1.54, 1.807) is 12.3 Å². The number of para-hydroxylation sites is 1. The number of fused-ring (bicyclic) bond motifs is 2. The normalized spacial score (nSPS) is 12.8. The average Bonchev–Trinajstić information content (AvgIpc) is 3.14. The summed E-state index contributed by atoms with van der Waals surface area (Å²) in [6.45, 7) is 0. The van der Waals surface area contributed by atoms with Crippen molar-refractivity contribution in [3.05, 3.63) is 60.0 Å². The van der Waals surface area contributed by atoms with Crippen molar-refractivity contribution in [2.24, 2.45) is 0 Å². The largest absolute Gasteiger partial charge is 0.497 e. The minimum absolute atomic E-state index is 0.0135. The van der Waals surface area contributed by atoms with Crippen LogP contribution in [0.1, 0.15) is 11.4 Å². The summed E-state index contributed by atoms with van der Waals surface area (Å²) in [4.78, 5) is 22.1. The minimum atomic E-state index is -4.80. The van der Waals surface area contributed by atoms with Gasteiger partial charge in [-0.25, -0.2) is 14.8 Å². The van der Waals surface area contributed by atoms with Crippen LogP contribution in [0.5, 0.6) is 5.75 Å². The molecule has 0 saturated carbocycles. The summed E-state index contributed by atoms with van der Waals surface area (Å²) in [5.74, 6) is -2.49. The van der Waals surface area contributed by atoms with E-state index in [0.717, 1.165) is 10.9 Å². The first-order valence-electron chi connectivity index (χ1n) is 9.23. The summed E-state index contributed by atoms with van der Waals surface area (Å²) in [6.07, 6.45) is -3.09. The Morgan fingerprint density at radius 3 is 2.68 bits per heavy atom. The number of alkyl halides is 3. The van der Waals surface area contributed by atoms with Gasteiger partial charge in [-0.2, -0.15) is 13.2 Å². The van der Waals surface area contributed by atoms with E-state index in [2.05, 4.69) is 20.3 Å². The van der Waals surface area contributed by atoms with Gasteiger partial charge in [0, 0.05) is 35.0 Å². The molecule has 0 aliphatic rings. The fraction of sp³-hybridized carbons (Fsp3) is 0.190. The van der Waals surface area contributed by atoms with Crippen molar-refractivity contribution in [2.45, 2.75) is 18.6 Å². The van der Waals surface area contributed by atoms with Crippen molar-refractivity contribution in [2.75, 3.05) is 12.4 Å². The number of hydrogen-bond acceptors (Lipinski definition) is 5. The number of halogens is 3. The quantitative estimate of drug-likeness (QED) is 0.423. The maximum atomic E-state index is 13.3. The number of carboxylic acids is 1. The molecule has 0 saturated heterocycles. The second-order valence-corrected chi connectivity index (χ2v) is 6.88. The molecule has 0 amide bonds. The van der Waals surface area contributed by atoms with Crippen LogP contribution in [-0.4, -0.2) is 39.2 Å². The predicted molar refractivity (Wildman–Crippen MR) is 108 cm³/mol. The maximum absolute atomic E-state index is 13.3. The van der Waals surface area contributed by atoms with Gasteiger partial charge in [0.2, 0.25) is 5.82 Å². The molecule has 0 radical (unpaired) electrons. The van der Waals surface area contributed by atoms with Gasteiger partial charge in [-0.15, -0.1) is 0 Å². The van der Waals surface area contributed by atoms with E-state index in [0.29, 0.717) is 11.3 Å². The summed E-state index contributed by atoms with van der Waals surface area (Å²) < 4.78 is 45.1. The van der Waals surface area contributed by atoms with Gasteiger partial charge in [0.25, 0.3) is 0 Å². The number of anilines is 1. The number of methoxy groups -OCH3 is 1. The van der Waals surface area contributed by atoms with Crippen LogP contribution in [0.3, 0.4) is 0 Å². The lowest BCUT2D eigenvalue weighted by molar-refractivity contribution is -0.144. The molecule has 2 heterocycles. The lowest BCUT2D eigenvalue weighted by Crippen LogP contribution is -2.32. The van der Waals surface area contributed by atoms with Gasteiger partial charge >= 0.3 is 12.1 Å². The molecular weight excluding hydrogens is 413 g/mol. The molecule has 1 atom stereocenters. The Morgan fingerprint density at radius 1 is 1.19 bits per heavy atom. The molecule has 10 heteroatoms. The lowest BCUT2D eigenvalue weighted by Gasteiger charge is -2.18. The Balaban J connectivity index is 1.76. The number of nitrogens with one attached hydrogen (secondary N) is 2. The lowest BCUT2D eigenvalue weighted by atomic mass is 10.0. The monoisotopic (exact) mass is 430 g/mol. The molecule has 1 unspecified atom stereocenters. The number of aromatic nitrogens is 3. The van der Waals surface area contributed by atoms with E-state index < -0.39 is 24.0 Å². The third kappa shape index (κ3) is 4.09. The van der Waals surface area contributed by atoms with Gasteiger partial charge in [-0.1, -0.05) is 18.2 Å². The highest BCUT2D eigenvalue weighted by Gasteiger charge is 2.36. The van der Waals surface area contributed by atoms with Crippen LogP contribution >= 0.6 is 0 Å². The molecule has 0 fully saturated rings. The molecule has 0 bridgehead atoms.